The van der Waals surface area contributed by atoms with Crippen molar-refractivity contribution in [2.45, 2.75) is 37.9 Å². The molecule has 0 saturated carbocycles. The first kappa shape index (κ1) is 21.3. The molecule has 8 heteroatoms. The minimum atomic E-state index is -3.19. The zero-order valence-electron chi connectivity index (χ0n) is 16.1. The predicted octanol–water partition coefficient (Wildman–Crippen LogP) is 3.96. The van der Waals surface area contributed by atoms with E-state index in [9.17, 15) is 13.6 Å². The summed E-state index contributed by atoms with van der Waals surface area (Å²) in [5, 5.41) is 8.62. The summed E-state index contributed by atoms with van der Waals surface area (Å²) in [7, 11) is 1.51. The van der Waals surface area contributed by atoms with Crippen molar-refractivity contribution in [3.63, 3.8) is 0 Å². The van der Waals surface area contributed by atoms with E-state index in [1.165, 1.54) is 19.2 Å². The second-order valence-electron chi connectivity index (χ2n) is 7.01. The third-order valence-corrected chi connectivity index (χ3v) is 5.06. The summed E-state index contributed by atoms with van der Waals surface area (Å²) < 4.78 is 34.3. The lowest BCUT2D eigenvalue weighted by atomic mass is 10.0. The van der Waals surface area contributed by atoms with Crippen LogP contribution in [0.3, 0.4) is 0 Å². The molecule has 3 rings (SSSR count). The molecule has 29 heavy (non-hydrogen) atoms. The number of methoxy groups -OCH3 is 1. The van der Waals surface area contributed by atoms with E-state index in [2.05, 4.69) is 16.0 Å². The first-order chi connectivity index (χ1) is 13.9. The molecule has 0 bridgehead atoms. The second kappa shape index (κ2) is 9.41. The van der Waals surface area contributed by atoms with Gasteiger partial charge in [-0.05, 0) is 66.9 Å². The zero-order chi connectivity index (χ0) is 20.9. The molecule has 156 valence electrons. The third kappa shape index (κ3) is 6.05. The number of alkyl halides is 2. The van der Waals surface area contributed by atoms with Crippen LogP contribution >= 0.6 is 11.6 Å². The fourth-order valence-corrected chi connectivity index (χ4v) is 3.51. The standard InChI is InChI=1S/C21H24ClF2N3O2/c1-29-18-8-6-17(7-9-18)27-21(23,24)12-14-4-5-16(22)11-15(14)13-26-20(28)19-3-2-10-25-19/h4-9,11,19,25,27H,2-3,10,12-13H2,1H3,(H,26,28)/t19-/m0/s1. The van der Waals surface area contributed by atoms with Crippen LogP contribution < -0.4 is 20.7 Å². The molecule has 0 spiro atoms. The van der Waals surface area contributed by atoms with Gasteiger partial charge < -0.3 is 20.7 Å². The molecule has 0 radical (unpaired) electrons. The Bertz CT molecular complexity index is 840. The maximum Gasteiger partial charge on any atom is 0.327 e. The van der Waals surface area contributed by atoms with Gasteiger partial charge >= 0.3 is 6.05 Å². The molecule has 1 atom stereocenters. The molecule has 2 aromatic carbocycles. The van der Waals surface area contributed by atoms with Crippen LogP contribution in [0.5, 0.6) is 5.75 Å². The highest BCUT2D eigenvalue weighted by atomic mass is 35.5. The van der Waals surface area contributed by atoms with Gasteiger partial charge in [-0.25, -0.2) is 0 Å². The summed E-state index contributed by atoms with van der Waals surface area (Å²) in [6.07, 6.45) is 1.19. The van der Waals surface area contributed by atoms with Gasteiger partial charge in [0.15, 0.2) is 0 Å². The van der Waals surface area contributed by atoms with Crippen molar-refractivity contribution >= 4 is 23.2 Å². The number of halogens is 3. The average Bonchev–Trinajstić information content (AvgIpc) is 3.23. The molecule has 1 amide bonds. The Hall–Kier alpha value is -2.38. The normalized spacial score (nSPS) is 16.5. The van der Waals surface area contributed by atoms with E-state index < -0.39 is 12.5 Å². The van der Waals surface area contributed by atoms with Crippen LogP contribution in [0.4, 0.5) is 14.5 Å². The van der Waals surface area contributed by atoms with Gasteiger partial charge in [0.25, 0.3) is 0 Å². The molecule has 1 aliphatic rings. The molecule has 0 aromatic heterocycles. The van der Waals surface area contributed by atoms with Gasteiger partial charge in [-0.15, -0.1) is 0 Å². The largest absolute Gasteiger partial charge is 0.497 e. The van der Waals surface area contributed by atoms with Crippen LogP contribution in [-0.2, 0) is 17.8 Å². The molecule has 5 nitrogen and oxygen atoms in total. The zero-order valence-corrected chi connectivity index (χ0v) is 16.9. The topological polar surface area (TPSA) is 62.4 Å². The third-order valence-electron chi connectivity index (χ3n) is 4.83. The van der Waals surface area contributed by atoms with Crippen LogP contribution in [0, 0.1) is 0 Å². The first-order valence-electron chi connectivity index (χ1n) is 9.45. The Morgan fingerprint density at radius 2 is 2.00 bits per heavy atom. The predicted molar refractivity (Wildman–Crippen MR) is 110 cm³/mol. The molecular formula is C21H24ClF2N3O2. The minimum Gasteiger partial charge on any atom is -0.497 e. The van der Waals surface area contributed by atoms with Gasteiger partial charge in [-0.1, -0.05) is 17.7 Å². The molecule has 1 aliphatic heterocycles. The van der Waals surface area contributed by atoms with Gasteiger partial charge in [0, 0.05) is 17.3 Å². The Morgan fingerprint density at radius 1 is 1.24 bits per heavy atom. The number of hydrogen-bond acceptors (Lipinski definition) is 4. The highest BCUT2D eigenvalue weighted by molar-refractivity contribution is 6.30. The maximum atomic E-state index is 14.6. The first-order valence-corrected chi connectivity index (χ1v) is 9.82. The van der Waals surface area contributed by atoms with Crippen molar-refractivity contribution in [1.29, 1.82) is 0 Å². The van der Waals surface area contributed by atoms with Gasteiger partial charge in [0.2, 0.25) is 5.91 Å². The second-order valence-corrected chi connectivity index (χ2v) is 7.45. The number of anilines is 1. The molecule has 0 aliphatic carbocycles. The number of amides is 1. The highest BCUT2D eigenvalue weighted by Gasteiger charge is 2.30. The van der Waals surface area contributed by atoms with E-state index in [0.29, 0.717) is 21.9 Å². The maximum absolute atomic E-state index is 14.6. The lowest BCUT2D eigenvalue weighted by molar-refractivity contribution is -0.122. The van der Waals surface area contributed by atoms with Crippen LogP contribution in [0.1, 0.15) is 24.0 Å². The number of nitrogens with one attached hydrogen (secondary N) is 3. The van der Waals surface area contributed by atoms with Crippen molar-refractivity contribution in [1.82, 2.24) is 10.6 Å². The van der Waals surface area contributed by atoms with Gasteiger partial charge in [0.05, 0.1) is 19.6 Å². The SMILES string of the molecule is COc1ccc(NC(F)(F)Cc2ccc(Cl)cc2CNC(=O)[C@@H]2CCCN2)cc1. The van der Waals surface area contributed by atoms with Crippen LogP contribution in [0.15, 0.2) is 42.5 Å². The summed E-state index contributed by atoms with van der Waals surface area (Å²) in [5.41, 5.74) is 1.27. The number of ether oxygens (including phenoxy) is 1. The molecule has 1 fully saturated rings. The highest BCUT2D eigenvalue weighted by Crippen LogP contribution is 2.27. The van der Waals surface area contributed by atoms with E-state index in [4.69, 9.17) is 16.3 Å². The Morgan fingerprint density at radius 3 is 2.66 bits per heavy atom. The number of benzene rings is 2. The smallest absolute Gasteiger partial charge is 0.327 e. The quantitative estimate of drug-likeness (QED) is 0.562. The van der Waals surface area contributed by atoms with Gasteiger partial charge in [-0.2, -0.15) is 8.78 Å². The Balaban J connectivity index is 1.67. The lowest BCUT2D eigenvalue weighted by Crippen LogP contribution is -2.40. The summed E-state index contributed by atoms with van der Waals surface area (Å²) in [5.74, 6) is 0.461. The van der Waals surface area contributed by atoms with Crippen molar-refractivity contribution in [3.8, 4) is 5.75 Å². The van der Waals surface area contributed by atoms with E-state index >= 15 is 0 Å². The number of carbonyl (C=O) groups excluding carboxylic acids is 1. The van der Waals surface area contributed by atoms with E-state index in [0.717, 1.165) is 19.4 Å². The summed E-state index contributed by atoms with van der Waals surface area (Å²) in [4.78, 5) is 12.2. The molecule has 0 unspecified atom stereocenters. The molecule has 1 saturated heterocycles. The van der Waals surface area contributed by atoms with Crippen molar-refractivity contribution in [2.75, 3.05) is 19.0 Å². The lowest BCUT2D eigenvalue weighted by Gasteiger charge is -2.21. The fraction of sp³-hybridized carbons (Fsp3) is 0.381. The number of hydrogen-bond donors (Lipinski definition) is 3. The van der Waals surface area contributed by atoms with E-state index in [1.54, 1.807) is 30.3 Å². The van der Waals surface area contributed by atoms with Gasteiger partial charge in [0.1, 0.15) is 5.75 Å². The summed E-state index contributed by atoms with van der Waals surface area (Å²) in [6, 6.07) is 7.63. The van der Waals surface area contributed by atoms with Crippen LogP contribution in [-0.4, -0.2) is 31.7 Å². The average molecular weight is 424 g/mol. The van der Waals surface area contributed by atoms with Crippen molar-refractivity contribution in [3.05, 3.63) is 58.6 Å². The van der Waals surface area contributed by atoms with E-state index in [1.807, 2.05) is 0 Å². The molecular weight excluding hydrogens is 400 g/mol. The molecule has 2 aromatic rings. The van der Waals surface area contributed by atoms with Crippen LogP contribution in [0.25, 0.3) is 0 Å². The summed E-state index contributed by atoms with van der Waals surface area (Å²) in [6.45, 7) is 0.954. The molecule has 3 N–H and O–H groups in total. The number of carbonyl (C=O) groups is 1. The van der Waals surface area contributed by atoms with Crippen molar-refractivity contribution in [2.24, 2.45) is 0 Å². The minimum absolute atomic E-state index is 0.128. The fourth-order valence-electron chi connectivity index (χ4n) is 3.31. The Kier molecular flexibility index (Phi) is 6.92. The van der Waals surface area contributed by atoms with E-state index in [-0.39, 0.29) is 24.2 Å². The molecule has 1 heterocycles. The van der Waals surface area contributed by atoms with Gasteiger partial charge in [-0.3, -0.25) is 4.79 Å². The summed E-state index contributed by atoms with van der Waals surface area (Å²) >= 11 is 6.05. The van der Waals surface area contributed by atoms with Crippen molar-refractivity contribution < 1.29 is 18.3 Å². The Labute approximate surface area is 173 Å². The van der Waals surface area contributed by atoms with Crippen LogP contribution in [0.2, 0.25) is 5.02 Å². The number of rotatable bonds is 8. The monoisotopic (exact) mass is 423 g/mol.